The van der Waals surface area contributed by atoms with Gasteiger partial charge in [0.2, 0.25) is 10.9 Å². The van der Waals surface area contributed by atoms with Gasteiger partial charge in [-0.25, -0.2) is 8.78 Å². The molecule has 2 aliphatic heterocycles. The van der Waals surface area contributed by atoms with Crippen LogP contribution in [-0.2, 0) is 16.1 Å². The van der Waals surface area contributed by atoms with Crippen molar-refractivity contribution in [3.63, 3.8) is 0 Å². The van der Waals surface area contributed by atoms with Crippen LogP contribution in [0.25, 0.3) is 11.0 Å². The van der Waals surface area contributed by atoms with E-state index < -0.39 is 28.6 Å². The van der Waals surface area contributed by atoms with Crippen LogP contribution in [0.1, 0.15) is 27.2 Å². The topological polar surface area (TPSA) is 96.6 Å². The normalized spacial score (nSPS) is 17.4. The van der Waals surface area contributed by atoms with Gasteiger partial charge in [-0.2, -0.15) is 0 Å². The Labute approximate surface area is 244 Å². The molecule has 4 heterocycles. The van der Waals surface area contributed by atoms with Gasteiger partial charge in [-0.15, -0.1) is 16.8 Å². The average Bonchev–Trinajstić information content (AvgIpc) is 3.63. The molecule has 7 rings (SSSR count). The van der Waals surface area contributed by atoms with Crippen molar-refractivity contribution in [3.8, 4) is 0 Å². The van der Waals surface area contributed by atoms with Crippen LogP contribution in [0, 0.1) is 11.6 Å². The number of halogens is 2. The number of nitrogens with zero attached hydrogens (tertiary/aromatic N) is 4. The number of para-hydroxylation sites is 1. The quantitative estimate of drug-likeness (QED) is 0.141. The molecule has 42 heavy (non-hydrogen) atoms. The van der Waals surface area contributed by atoms with Crippen molar-refractivity contribution in [2.75, 3.05) is 16.3 Å². The molecule has 1 atom stereocenters. The van der Waals surface area contributed by atoms with Crippen LogP contribution in [0.5, 0.6) is 0 Å². The standard InChI is InChI=1S/C30H18F2N4O4S2/c1-2-13-35-21-10-6-4-8-19(21)30(27(35)39)23-24(37)18-14-17(31)11-12-22(18)40-25(23)26(38)36(30)28-33-34-29(42-28)41-15-16-7-3-5-9-20(16)32/h2-12,14H,1,13,15H2. The Morgan fingerprint density at radius 2 is 1.81 bits per heavy atom. The van der Waals surface area contributed by atoms with Crippen molar-refractivity contribution in [2.24, 2.45) is 0 Å². The van der Waals surface area contributed by atoms with E-state index >= 15 is 0 Å². The Bertz CT molecular complexity index is 2030. The van der Waals surface area contributed by atoms with E-state index in [0.717, 1.165) is 28.4 Å². The van der Waals surface area contributed by atoms with Gasteiger partial charge in [-0.05, 0) is 35.9 Å². The summed E-state index contributed by atoms with van der Waals surface area (Å²) in [4.78, 5) is 45.4. The Morgan fingerprint density at radius 3 is 2.62 bits per heavy atom. The number of hydrogen-bond acceptors (Lipinski definition) is 8. The summed E-state index contributed by atoms with van der Waals surface area (Å²) in [6.45, 7) is 3.86. The maximum Gasteiger partial charge on any atom is 0.297 e. The lowest BCUT2D eigenvalue weighted by Gasteiger charge is -2.31. The first-order valence-corrected chi connectivity index (χ1v) is 14.5. The number of fused-ring (bicyclic) bond motifs is 5. The first-order valence-electron chi connectivity index (χ1n) is 12.7. The number of thioether (sulfide) groups is 1. The summed E-state index contributed by atoms with van der Waals surface area (Å²) in [5.74, 6) is -2.46. The van der Waals surface area contributed by atoms with Gasteiger partial charge in [0.25, 0.3) is 11.8 Å². The summed E-state index contributed by atoms with van der Waals surface area (Å²) in [5, 5.41) is 8.38. The van der Waals surface area contributed by atoms with Gasteiger partial charge in [0.05, 0.1) is 16.6 Å². The largest absolute Gasteiger partial charge is 0.450 e. The molecule has 0 radical (unpaired) electrons. The van der Waals surface area contributed by atoms with E-state index in [1.54, 1.807) is 42.5 Å². The molecule has 0 N–H and O–H groups in total. The molecule has 0 bridgehead atoms. The molecule has 2 aromatic heterocycles. The zero-order chi connectivity index (χ0) is 29.2. The number of benzene rings is 3. The summed E-state index contributed by atoms with van der Waals surface area (Å²) < 4.78 is 34.8. The van der Waals surface area contributed by atoms with E-state index in [-0.39, 0.29) is 45.5 Å². The number of anilines is 2. The van der Waals surface area contributed by atoms with Gasteiger partial charge in [0.1, 0.15) is 17.2 Å². The minimum atomic E-state index is -1.99. The van der Waals surface area contributed by atoms with Crippen LogP contribution in [0.4, 0.5) is 19.6 Å². The van der Waals surface area contributed by atoms with E-state index in [4.69, 9.17) is 4.42 Å². The van der Waals surface area contributed by atoms with E-state index in [0.29, 0.717) is 21.2 Å². The van der Waals surface area contributed by atoms with Crippen molar-refractivity contribution in [3.05, 3.63) is 124 Å². The molecular formula is C30H18F2N4O4S2. The Morgan fingerprint density at radius 1 is 1.02 bits per heavy atom. The summed E-state index contributed by atoms with van der Waals surface area (Å²) in [7, 11) is 0. The molecule has 0 aliphatic carbocycles. The van der Waals surface area contributed by atoms with E-state index in [9.17, 15) is 23.2 Å². The third kappa shape index (κ3) is 3.61. The van der Waals surface area contributed by atoms with Crippen LogP contribution in [0.15, 0.2) is 92.9 Å². The molecule has 1 unspecified atom stereocenters. The third-order valence-electron chi connectivity index (χ3n) is 7.29. The fraction of sp³-hybridized carbons (Fsp3) is 0.100. The SMILES string of the molecule is C=CCN1C(=O)C2(c3ccccc31)c1c(oc3ccc(F)cc3c1=O)C(=O)N2c1nnc(SCc2ccccc2F)s1. The average molecular weight is 601 g/mol. The smallest absolute Gasteiger partial charge is 0.297 e. The number of rotatable bonds is 6. The maximum atomic E-state index is 14.5. The number of amides is 2. The van der Waals surface area contributed by atoms with Crippen LogP contribution in [0.2, 0.25) is 0 Å². The maximum absolute atomic E-state index is 14.5. The van der Waals surface area contributed by atoms with Crippen LogP contribution >= 0.6 is 23.1 Å². The van der Waals surface area contributed by atoms with E-state index in [1.807, 2.05) is 0 Å². The monoisotopic (exact) mass is 600 g/mol. The molecule has 2 aliphatic rings. The summed E-state index contributed by atoms with van der Waals surface area (Å²) in [6.07, 6.45) is 1.54. The van der Waals surface area contributed by atoms with E-state index in [1.165, 1.54) is 34.9 Å². The molecule has 0 saturated carbocycles. The highest BCUT2D eigenvalue weighted by Crippen LogP contribution is 2.54. The predicted molar refractivity (Wildman–Crippen MR) is 155 cm³/mol. The molecule has 0 saturated heterocycles. The second-order valence-corrected chi connectivity index (χ2v) is 11.8. The number of carbonyl (C=O) groups excluding carboxylic acids is 2. The fourth-order valence-electron chi connectivity index (χ4n) is 5.55. The fourth-order valence-corrected chi connectivity index (χ4v) is 7.43. The third-order valence-corrected chi connectivity index (χ3v) is 9.38. The van der Waals surface area contributed by atoms with Gasteiger partial charge in [0, 0.05) is 17.9 Å². The van der Waals surface area contributed by atoms with Crippen LogP contribution < -0.4 is 15.2 Å². The molecule has 5 aromatic rings. The van der Waals surface area contributed by atoms with Gasteiger partial charge in [-0.1, -0.05) is 65.6 Å². The Balaban J connectivity index is 1.44. The summed E-state index contributed by atoms with van der Waals surface area (Å²) in [6, 6.07) is 16.6. The van der Waals surface area contributed by atoms with Gasteiger partial charge < -0.3 is 9.32 Å². The van der Waals surface area contributed by atoms with Crippen molar-refractivity contribution in [1.29, 1.82) is 0 Å². The van der Waals surface area contributed by atoms with Crippen molar-refractivity contribution < 1.29 is 22.8 Å². The van der Waals surface area contributed by atoms with Crippen molar-refractivity contribution >= 4 is 56.7 Å². The minimum Gasteiger partial charge on any atom is -0.450 e. The second-order valence-electron chi connectivity index (χ2n) is 9.58. The summed E-state index contributed by atoms with van der Waals surface area (Å²) in [5.41, 5.74) is -1.60. The molecule has 1 spiro atoms. The number of hydrogen-bond donors (Lipinski definition) is 0. The molecular weight excluding hydrogens is 582 g/mol. The molecule has 0 fully saturated rings. The van der Waals surface area contributed by atoms with Gasteiger partial charge >= 0.3 is 0 Å². The zero-order valence-corrected chi connectivity index (χ0v) is 23.2. The second kappa shape index (κ2) is 9.71. The first kappa shape index (κ1) is 26.2. The van der Waals surface area contributed by atoms with Gasteiger partial charge in [0.15, 0.2) is 15.3 Å². The Kier molecular flexibility index (Phi) is 6.06. The number of aromatic nitrogens is 2. The highest BCUT2D eigenvalue weighted by atomic mass is 32.2. The Hall–Kier alpha value is -4.68. The molecule has 3 aromatic carbocycles. The van der Waals surface area contributed by atoms with Crippen molar-refractivity contribution in [1.82, 2.24) is 10.2 Å². The highest BCUT2D eigenvalue weighted by Gasteiger charge is 2.66. The molecule has 208 valence electrons. The van der Waals surface area contributed by atoms with Gasteiger partial charge in [-0.3, -0.25) is 19.3 Å². The van der Waals surface area contributed by atoms with Crippen LogP contribution in [0.3, 0.4) is 0 Å². The molecule has 2 amide bonds. The summed E-state index contributed by atoms with van der Waals surface area (Å²) >= 11 is 2.24. The van der Waals surface area contributed by atoms with Crippen molar-refractivity contribution in [2.45, 2.75) is 15.6 Å². The minimum absolute atomic E-state index is 0.00516. The number of carbonyl (C=O) groups is 2. The zero-order valence-electron chi connectivity index (χ0n) is 21.5. The first-order chi connectivity index (χ1) is 20.4. The van der Waals surface area contributed by atoms with Crippen LogP contribution in [-0.4, -0.2) is 28.6 Å². The predicted octanol–water partition coefficient (Wildman–Crippen LogP) is 5.65. The lowest BCUT2D eigenvalue weighted by Crippen LogP contribution is -2.53. The van der Waals surface area contributed by atoms with E-state index in [2.05, 4.69) is 16.8 Å². The molecule has 12 heteroatoms. The lowest BCUT2D eigenvalue weighted by atomic mass is 9.84. The highest BCUT2D eigenvalue weighted by molar-refractivity contribution is 8.00. The molecule has 8 nitrogen and oxygen atoms in total. The lowest BCUT2D eigenvalue weighted by molar-refractivity contribution is -0.121.